The van der Waals surface area contributed by atoms with E-state index in [2.05, 4.69) is 10.3 Å². The molecule has 1 atom stereocenters. The maximum absolute atomic E-state index is 12.6. The van der Waals surface area contributed by atoms with Crippen molar-refractivity contribution < 1.29 is 14.3 Å². The molecule has 0 saturated carbocycles. The minimum Gasteiger partial charge on any atom is -0.469 e. The van der Waals surface area contributed by atoms with Crippen LogP contribution in [-0.2, 0) is 6.42 Å². The maximum atomic E-state index is 12.6. The molecule has 2 aromatic heterocycles. The number of pyridine rings is 1. The number of amides is 1. The first-order valence-electron chi connectivity index (χ1n) is 9.20. The van der Waals surface area contributed by atoms with Gasteiger partial charge < -0.3 is 19.8 Å². The molecule has 0 fully saturated rings. The van der Waals surface area contributed by atoms with Crippen LogP contribution in [0.4, 0.5) is 0 Å². The van der Waals surface area contributed by atoms with E-state index in [1.54, 1.807) is 30.5 Å². The summed E-state index contributed by atoms with van der Waals surface area (Å²) in [7, 11) is 0. The number of hydrogen-bond acceptors (Lipinski definition) is 4. The predicted molar refractivity (Wildman–Crippen MR) is 107 cm³/mol. The van der Waals surface area contributed by atoms with Crippen LogP contribution in [0.1, 0.15) is 27.4 Å². The number of nitrogens with one attached hydrogen (secondary N) is 2. The number of carbonyl (C=O) groups excluding carboxylic acids is 1. The molecule has 146 valence electrons. The lowest BCUT2D eigenvalue weighted by Gasteiger charge is -2.14. The van der Waals surface area contributed by atoms with E-state index in [0.29, 0.717) is 29.7 Å². The minimum atomic E-state index is -0.250. The molecule has 0 aliphatic heterocycles. The van der Waals surface area contributed by atoms with Gasteiger partial charge in [-0.1, -0.05) is 12.1 Å². The Hall–Kier alpha value is -3.12. The van der Waals surface area contributed by atoms with Gasteiger partial charge in [0.1, 0.15) is 5.76 Å². The van der Waals surface area contributed by atoms with Gasteiger partial charge in [0.25, 0.3) is 11.5 Å². The summed E-state index contributed by atoms with van der Waals surface area (Å²) in [6, 6.07) is 12.4. The average Bonchev–Trinajstić information content (AvgIpc) is 3.21. The maximum Gasteiger partial charge on any atom is 0.256 e. The molecular weight excluding hydrogens is 356 g/mol. The topological polar surface area (TPSA) is 95.3 Å². The van der Waals surface area contributed by atoms with Gasteiger partial charge >= 0.3 is 0 Å². The third-order valence-corrected chi connectivity index (χ3v) is 4.81. The summed E-state index contributed by atoms with van der Waals surface area (Å²) in [6.07, 6.45) is 2.13. The van der Waals surface area contributed by atoms with E-state index in [4.69, 9.17) is 4.42 Å². The number of aryl methyl sites for hydroxylation is 2. The molecule has 1 amide bonds. The zero-order chi connectivity index (χ0) is 20.1. The van der Waals surface area contributed by atoms with E-state index in [1.807, 2.05) is 32.0 Å². The van der Waals surface area contributed by atoms with Crippen LogP contribution < -0.4 is 10.9 Å². The first-order chi connectivity index (χ1) is 13.5. The fraction of sp³-hybridized carbons (Fsp3) is 0.273. The average molecular weight is 380 g/mol. The molecule has 0 aliphatic carbocycles. The van der Waals surface area contributed by atoms with Gasteiger partial charge in [-0.05, 0) is 55.3 Å². The molecule has 2 heterocycles. The third kappa shape index (κ3) is 4.58. The normalized spacial score (nSPS) is 12.0. The Bertz CT molecular complexity index is 1010. The van der Waals surface area contributed by atoms with Gasteiger partial charge in [-0.2, -0.15) is 0 Å². The molecule has 0 aliphatic rings. The fourth-order valence-corrected chi connectivity index (χ4v) is 3.02. The van der Waals surface area contributed by atoms with Gasteiger partial charge in [-0.15, -0.1) is 0 Å². The predicted octanol–water partition coefficient (Wildman–Crippen LogP) is 2.83. The SMILES string of the molecule is Cc1cc(-c2cccc(C(=O)NCC(CO)Cc3ccco3)c2)c(=O)[nH]c1C. The standard InChI is InChI=1S/C22H24N2O4/c1-14-9-20(22(27)24-15(14)2)17-5-3-6-18(11-17)21(26)23-12-16(13-25)10-19-7-4-8-28-19/h3-9,11,16,25H,10,12-13H2,1-2H3,(H,23,26)(H,24,27). The summed E-state index contributed by atoms with van der Waals surface area (Å²) in [6.45, 7) is 4.05. The van der Waals surface area contributed by atoms with Crippen LogP contribution in [0.25, 0.3) is 11.1 Å². The second kappa shape index (κ2) is 8.71. The quantitative estimate of drug-likeness (QED) is 0.587. The van der Waals surface area contributed by atoms with Crippen LogP contribution in [0.2, 0.25) is 0 Å². The lowest BCUT2D eigenvalue weighted by atomic mass is 10.0. The molecule has 3 rings (SSSR count). The molecule has 3 N–H and O–H groups in total. The van der Waals surface area contributed by atoms with Crippen molar-refractivity contribution >= 4 is 5.91 Å². The van der Waals surface area contributed by atoms with Crippen LogP contribution in [-0.4, -0.2) is 29.1 Å². The Kier molecular flexibility index (Phi) is 6.11. The first-order valence-corrected chi connectivity index (χ1v) is 9.20. The van der Waals surface area contributed by atoms with Gasteiger partial charge in [0.15, 0.2) is 0 Å². The van der Waals surface area contributed by atoms with Crippen molar-refractivity contribution in [3.05, 3.63) is 81.7 Å². The molecule has 6 heteroatoms. The number of furan rings is 1. The van der Waals surface area contributed by atoms with E-state index in [0.717, 1.165) is 17.0 Å². The minimum absolute atomic E-state index is 0.0565. The van der Waals surface area contributed by atoms with Crippen molar-refractivity contribution in [3.8, 4) is 11.1 Å². The highest BCUT2D eigenvalue weighted by Crippen LogP contribution is 2.19. The number of benzene rings is 1. The van der Waals surface area contributed by atoms with E-state index >= 15 is 0 Å². The van der Waals surface area contributed by atoms with Crippen LogP contribution in [0.5, 0.6) is 0 Å². The number of aliphatic hydroxyl groups is 1. The highest BCUT2D eigenvalue weighted by molar-refractivity contribution is 5.95. The summed E-state index contributed by atoms with van der Waals surface area (Å²) in [5.41, 5.74) is 3.31. The van der Waals surface area contributed by atoms with Crippen molar-refractivity contribution in [2.24, 2.45) is 5.92 Å². The molecule has 1 aromatic carbocycles. The fourth-order valence-electron chi connectivity index (χ4n) is 3.02. The second-order valence-corrected chi connectivity index (χ2v) is 6.94. The van der Waals surface area contributed by atoms with Gasteiger partial charge in [-0.25, -0.2) is 0 Å². The highest BCUT2D eigenvalue weighted by atomic mass is 16.3. The molecule has 3 aromatic rings. The number of aromatic nitrogens is 1. The van der Waals surface area contributed by atoms with Crippen molar-refractivity contribution in [2.75, 3.05) is 13.2 Å². The van der Waals surface area contributed by atoms with Gasteiger partial charge in [-0.3, -0.25) is 9.59 Å². The highest BCUT2D eigenvalue weighted by Gasteiger charge is 2.14. The molecule has 28 heavy (non-hydrogen) atoms. The number of rotatable bonds is 7. The van der Waals surface area contributed by atoms with Gasteiger partial charge in [0.05, 0.1) is 6.26 Å². The lowest BCUT2D eigenvalue weighted by molar-refractivity contribution is 0.0939. The smallest absolute Gasteiger partial charge is 0.256 e. The van der Waals surface area contributed by atoms with E-state index in [1.165, 1.54) is 0 Å². The summed E-state index contributed by atoms with van der Waals surface area (Å²) in [5.74, 6) is 0.380. The lowest BCUT2D eigenvalue weighted by Crippen LogP contribution is -2.31. The molecular formula is C22H24N2O4. The molecule has 0 bridgehead atoms. The number of H-pyrrole nitrogens is 1. The first kappa shape index (κ1) is 19.6. The van der Waals surface area contributed by atoms with Crippen LogP contribution >= 0.6 is 0 Å². The van der Waals surface area contributed by atoms with Crippen molar-refractivity contribution in [1.29, 1.82) is 0 Å². The van der Waals surface area contributed by atoms with Crippen molar-refractivity contribution in [1.82, 2.24) is 10.3 Å². The monoisotopic (exact) mass is 380 g/mol. The second-order valence-electron chi connectivity index (χ2n) is 6.94. The van der Waals surface area contributed by atoms with Crippen LogP contribution in [0, 0.1) is 19.8 Å². The van der Waals surface area contributed by atoms with Gasteiger partial charge in [0, 0.05) is 42.3 Å². The van der Waals surface area contributed by atoms with Crippen LogP contribution in [0.3, 0.4) is 0 Å². The summed E-state index contributed by atoms with van der Waals surface area (Å²) in [5, 5.41) is 12.4. The zero-order valence-electron chi connectivity index (χ0n) is 16.0. The summed E-state index contributed by atoms with van der Waals surface area (Å²) in [4.78, 5) is 27.7. The Morgan fingerprint density at radius 3 is 2.75 bits per heavy atom. The van der Waals surface area contributed by atoms with Gasteiger partial charge in [0.2, 0.25) is 0 Å². The largest absolute Gasteiger partial charge is 0.469 e. The summed E-state index contributed by atoms with van der Waals surface area (Å²) >= 11 is 0. The Morgan fingerprint density at radius 1 is 1.21 bits per heavy atom. The third-order valence-electron chi connectivity index (χ3n) is 4.81. The Morgan fingerprint density at radius 2 is 2.04 bits per heavy atom. The zero-order valence-corrected chi connectivity index (χ0v) is 16.0. The number of aliphatic hydroxyl groups excluding tert-OH is 1. The molecule has 1 unspecified atom stereocenters. The number of carbonyl (C=O) groups is 1. The molecule has 6 nitrogen and oxygen atoms in total. The van der Waals surface area contributed by atoms with E-state index in [9.17, 15) is 14.7 Å². The van der Waals surface area contributed by atoms with E-state index in [-0.39, 0.29) is 24.0 Å². The molecule has 0 saturated heterocycles. The van der Waals surface area contributed by atoms with E-state index < -0.39 is 0 Å². The van der Waals surface area contributed by atoms with Crippen LogP contribution in [0.15, 0.2) is 57.9 Å². The molecule has 0 radical (unpaired) electrons. The Labute approximate surface area is 163 Å². The molecule has 0 spiro atoms. The number of hydrogen-bond donors (Lipinski definition) is 3. The summed E-state index contributed by atoms with van der Waals surface area (Å²) < 4.78 is 5.29. The van der Waals surface area contributed by atoms with Crippen molar-refractivity contribution in [3.63, 3.8) is 0 Å². The Balaban J connectivity index is 1.72. The van der Waals surface area contributed by atoms with Crippen molar-refractivity contribution in [2.45, 2.75) is 20.3 Å². The number of aromatic amines is 1.